The van der Waals surface area contributed by atoms with Crippen molar-refractivity contribution in [2.24, 2.45) is 0 Å². The molecule has 2 aromatic heterocycles. The third-order valence-corrected chi connectivity index (χ3v) is 4.61. The van der Waals surface area contributed by atoms with Crippen molar-refractivity contribution in [3.63, 3.8) is 0 Å². The van der Waals surface area contributed by atoms with E-state index >= 15 is 0 Å². The van der Waals surface area contributed by atoms with Gasteiger partial charge >= 0.3 is 0 Å². The Morgan fingerprint density at radius 1 is 1.16 bits per heavy atom. The summed E-state index contributed by atoms with van der Waals surface area (Å²) in [5, 5.41) is 7.22. The van der Waals surface area contributed by atoms with Gasteiger partial charge in [-0.1, -0.05) is 23.4 Å². The van der Waals surface area contributed by atoms with Gasteiger partial charge in [-0.3, -0.25) is 9.78 Å². The van der Waals surface area contributed by atoms with Gasteiger partial charge in [-0.2, -0.15) is 4.98 Å². The van der Waals surface area contributed by atoms with Gasteiger partial charge in [0.1, 0.15) is 5.54 Å². The van der Waals surface area contributed by atoms with Crippen LogP contribution in [0.15, 0.2) is 53.2 Å². The number of carbonyl (C=O) groups is 1. The number of aromatic nitrogens is 3. The molecule has 1 aliphatic rings. The highest BCUT2D eigenvalue weighted by molar-refractivity contribution is 5.94. The van der Waals surface area contributed by atoms with Crippen molar-refractivity contribution in [1.29, 1.82) is 0 Å². The van der Waals surface area contributed by atoms with Crippen molar-refractivity contribution in [1.82, 2.24) is 20.4 Å². The van der Waals surface area contributed by atoms with Crippen LogP contribution in [0, 0.1) is 6.92 Å². The van der Waals surface area contributed by atoms with Gasteiger partial charge in [0, 0.05) is 17.5 Å². The summed E-state index contributed by atoms with van der Waals surface area (Å²) in [6, 6.07) is 13.0. The van der Waals surface area contributed by atoms with E-state index in [1.165, 1.54) is 0 Å². The number of hydrogen-bond donors (Lipinski definition) is 1. The minimum absolute atomic E-state index is 0.122. The lowest BCUT2D eigenvalue weighted by molar-refractivity contribution is 0.0805. The summed E-state index contributed by atoms with van der Waals surface area (Å²) in [7, 11) is 0. The van der Waals surface area contributed by atoms with Gasteiger partial charge in [-0.05, 0) is 50.5 Å². The summed E-state index contributed by atoms with van der Waals surface area (Å²) < 4.78 is 5.41. The van der Waals surface area contributed by atoms with E-state index < -0.39 is 5.54 Å². The summed E-state index contributed by atoms with van der Waals surface area (Å²) in [6.07, 6.45) is 4.33. The Labute approximate surface area is 145 Å². The summed E-state index contributed by atoms with van der Waals surface area (Å²) >= 11 is 0. The molecule has 0 bridgehead atoms. The van der Waals surface area contributed by atoms with Gasteiger partial charge in [0.05, 0.1) is 5.56 Å². The predicted octanol–water partition coefficient (Wildman–Crippen LogP) is 3.25. The predicted molar refractivity (Wildman–Crippen MR) is 91.7 cm³/mol. The Kier molecular flexibility index (Phi) is 3.80. The molecule has 0 aliphatic heterocycles. The number of nitrogens with one attached hydrogen (secondary N) is 1. The summed E-state index contributed by atoms with van der Waals surface area (Å²) in [4.78, 5) is 21.3. The Morgan fingerprint density at radius 2 is 1.96 bits per heavy atom. The van der Waals surface area contributed by atoms with Crippen LogP contribution < -0.4 is 5.32 Å². The third kappa shape index (κ3) is 2.91. The van der Waals surface area contributed by atoms with Crippen LogP contribution in [0.25, 0.3) is 11.5 Å². The maximum absolute atomic E-state index is 12.5. The molecule has 126 valence electrons. The van der Waals surface area contributed by atoms with Crippen molar-refractivity contribution in [3.05, 3.63) is 65.7 Å². The second-order valence-corrected chi connectivity index (χ2v) is 6.37. The maximum Gasteiger partial charge on any atom is 0.259 e. The molecule has 0 radical (unpaired) electrons. The molecule has 0 atom stereocenters. The molecule has 1 amide bonds. The first-order valence-electron chi connectivity index (χ1n) is 8.31. The molecule has 1 fully saturated rings. The van der Waals surface area contributed by atoms with E-state index in [9.17, 15) is 4.79 Å². The molecule has 2 heterocycles. The Balaban J connectivity index is 1.59. The van der Waals surface area contributed by atoms with Crippen LogP contribution in [-0.2, 0) is 5.54 Å². The molecule has 25 heavy (non-hydrogen) atoms. The number of nitrogens with zero attached hydrogens (tertiary/aromatic N) is 3. The smallest absolute Gasteiger partial charge is 0.259 e. The number of rotatable bonds is 4. The van der Waals surface area contributed by atoms with Crippen LogP contribution in [-0.4, -0.2) is 21.0 Å². The van der Waals surface area contributed by atoms with E-state index in [4.69, 9.17) is 4.52 Å². The minimum atomic E-state index is -0.549. The van der Waals surface area contributed by atoms with Crippen molar-refractivity contribution in [2.45, 2.75) is 31.7 Å². The fourth-order valence-electron chi connectivity index (χ4n) is 2.94. The number of hydrogen-bond acceptors (Lipinski definition) is 5. The van der Waals surface area contributed by atoms with Crippen molar-refractivity contribution < 1.29 is 9.32 Å². The highest BCUT2D eigenvalue weighted by Gasteiger charge is 2.44. The molecule has 4 rings (SSSR count). The molecule has 1 aliphatic carbocycles. The first kappa shape index (κ1) is 15.5. The molecular weight excluding hydrogens is 316 g/mol. The van der Waals surface area contributed by atoms with E-state index in [0.717, 1.165) is 30.5 Å². The second-order valence-electron chi connectivity index (χ2n) is 6.37. The first-order chi connectivity index (χ1) is 12.2. The molecule has 0 spiro atoms. The van der Waals surface area contributed by atoms with Gasteiger partial charge < -0.3 is 9.84 Å². The first-order valence-corrected chi connectivity index (χ1v) is 8.31. The highest BCUT2D eigenvalue weighted by atomic mass is 16.5. The van der Waals surface area contributed by atoms with E-state index in [0.29, 0.717) is 17.3 Å². The monoisotopic (exact) mass is 334 g/mol. The van der Waals surface area contributed by atoms with Crippen LogP contribution in [0.5, 0.6) is 0 Å². The quantitative estimate of drug-likeness (QED) is 0.792. The molecule has 1 saturated carbocycles. The van der Waals surface area contributed by atoms with Crippen LogP contribution >= 0.6 is 0 Å². The van der Waals surface area contributed by atoms with Crippen molar-refractivity contribution in [2.75, 3.05) is 0 Å². The second kappa shape index (κ2) is 6.12. The average molecular weight is 334 g/mol. The molecule has 6 nitrogen and oxygen atoms in total. The van der Waals surface area contributed by atoms with Crippen LogP contribution in [0.1, 0.15) is 41.1 Å². The van der Waals surface area contributed by atoms with E-state index in [1.54, 1.807) is 18.3 Å². The van der Waals surface area contributed by atoms with Crippen molar-refractivity contribution in [3.8, 4) is 11.5 Å². The number of benzene rings is 1. The summed E-state index contributed by atoms with van der Waals surface area (Å²) in [6.45, 7) is 1.92. The summed E-state index contributed by atoms with van der Waals surface area (Å²) in [5.41, 5.74) is 1.77. The molecule has 1 N–H and O–H groups in total. The minimum Gasteiger partial charge on any atom is -0.339 e. The van der Waals surface area contributed by atoms with Gasteiger partial charge in [-0.15, -0.1) is 0 Å². The molecule has 0 unspecified atom stereocenters. The standard InChI is InChI=1S/C19H18N4O2/c1-13-8-9-15(12-20-13)17-21-18(23-25-17)19(10-5-11-19)22-16(24)14-6-3-2-4-7-14/h2-4,6-9,12H,5,10-11H2,1H3,(H,22,24). The van der Waals surface area contributed by atoms with Crippen molar-refractivity contribution >= 4 is 5.91 Å². The molecule has 6 heteroatoms. The number of carbonyl (C=O) groups excluding carboxylic acids is 1. The third-order valence-electron chi connectivity index (χ3n) is 4.61. The highest BCUT2D eigenvalue weighted by Crippen LogP contribution is 2.40. The van der Waals surface area contributed by atoms with E-state index in [2.05, 4.69) is 20.4 Å². The molecule has 0 saturated heterocycles. The van der Waals surface area contributed by atoms with Gasteiger partial charge in [0.15, 0.2) is 5.82 Å². The zero-order chi connectivity index (χ0) is 17.3. The Morgan fingerprint density at radius 3 is 2.60 bits per heavy atom. The summed E-state index contributed by atoms with van der Waals surface area (Å²) in [5.74, 6) is 0.824. The maximum atomic E-state index is 12.5. The van der Waals surface area contributed by atoms with Crippen LogP contribution in [0.3, 0.4) is 0 Å². The van der Waals surface area contributed by atoms with Gasteiger partial charge in [0.2, 0.25) is 0 Å². The molecule has 3 aromatic rings. The lowest BCUT2D eigenvalue weighted by atomic mass is 9.76. The fraction of sp³-hybridized carbons (Fsp3) is 0.263. The topological polar surface area (TPSA) is 80.9 Å². The Bertz CT molecular complexity index is 883. The number of pyridine rings is 1. The lowest BCUT2D eigenvalue weighted by Gasteiger charge is -2.39. The Hall–Kier alpha value is -3.02. The number of amides is 1. The SMILES string of the molecule is Cc1ccc(-c2nc(C3(NC(=O)c4ccccc4)CCC3)no2)cn1. The fourth-order valence-corrected chi connectivity index (χ4v) is 2.94. The van der Waals surface area contributed by atoms with Gasteiger partial charge in [-0.25, -0.2) is 0 Å². The largest absolute Gasteiger partial charge is 0.339 e. The average Bonchev–Trinajstić information content (AvgIpc) is 3.09. The number of aryl methyl sites for hydroxylation is 1. The van der Waals surface area contributed by atoms with Gasteiger partial charge in [0.25, 0.3) is 11.8 Å². The van der Waals surface area contributed by atoms with E-state index in [-0.39, 0.29) is 5.91 Å². The zero-order valence-electron chi connectivity index (χ0n) is 13.9. The lowest BCUT2D eigenvalue weighted by Crippen LogP contribution is -2.51. The van der Waals surface area contributed by atoms with E-state index in [1.807, 2.05) is 37.3 Å². The van der Waals surface area contributed by atoms with Crippen LogP contribution in [0.4, 0.5) is 0 Å². The van der Waals surface area contributed by atoms with Crippen LogP contribution in [0.2, 0.25) is 0 Å². The molecular formula is C19H18N4O2. The normalized spacial score (nSPS) is 15.4. The molecule has 1 aromatic carbocycles. The zero-order valence-corrected chi connectivity index (χ0v) is 13.9.